The monoisotopic (exact) mass is 513 g/mol. The van der Waals surface area contributed by atoms with Gasteiger partial charge in [0.25, 0.3) is 0 Å². The predicted octanol–water partition coefficient (Wildman–Crippen LogP) is 3.46. The van der Waals surface area contributed by atoms with Gasteiger partial charge in [-0.15, -0.1) is 24.0 Å². The van der Waals surface area contributed by atoms with Crippen LogP contribution in [-0.2, 0) is 6.42 Å². The van der Waals surface area contributed by atoms with Crippen LogP contribution in [0.15, 0.2) is 47.5 Å². The maximum Gasteiger partial charge on any atom is 0.191 e. The highest BCUT2D eigenvalue weighted by molar-refractivity contribution is 14.0. The Hall–Kier alpha value is -2.00. The van der Waals surface area contributed by atoms with E-state index >= 15 is 0 Å². The van der Waals surface area contributed by atoms with Gasteiger partial charge in [0.1, 0.15) is 11.5 Å². The molecule has 29 heavy (non-hydrogen) atoms. The smallest absolute Gasteiger partial charge is 0.191 e. The van der Waals surface area contributed by atoms with Crippen molar-refractivity contribution in [1.82, 2.24) is 10.6 Å². The lowest BCUT2D eigenvalue weighted by molar-refractivity contribution is 0.186. The third-order valence-corrected chi connectivity index (χ3v) is 4.37. The number of nitrogens with one attached hydrogen (secondary N) is 2. The number of ether oxygens (including phenoxy) is 2. The fourth-order valence-corrected chi connectivity index (χ4v) is 2.89. The van der Waals surface area contributed by atoms with Crippen LogP contribution < -0.4 is 20.1 Å². The number of rotatable bonds is 9. The number of benzene rings is 2. The minimum atomic E-state index is -0.692. The lowest BCUT2D eigenvalue weighted by Crippen LogP contribution is -2.38. The topological polar surface area (TPSA) is 75.1 Å². The van der Waals surface area contributed by atoms with Gasteiger partial charge in [0.15, 0.2) is 5.96 Å². The number of nitrogens with zero attached hydrogens (tertiary/aromatic N) is 1. The first kappa shape index (κ1) is 25.0. The van der Waals surface area contributed by atoms with Gasteiger partial charge in [0.2, 0.25) is 0 Å². The Kier molecular flexibility index (Phi) is 11.5. The first-order valence-corrected chi connectivity index (χ1v) is 9.55. The summed E-state index contributed by atoms with van der Waals surface area (Å²) in [4.78, 5) is 4.51. The second kappa shape index (κ2) is 13.3. The van der Waals surface area contributed by atoms with Crippen molar-refractivity contribution in [2.24, 2.45) is 4.99 Å². The molecule has 0 radical (unpaired) electrons. The molecule has 6 nitrogen and oxygen atoms in total. The van der Waals surface area contributed by atoms with Gasteiger partial charge in [-0.25, -0.2) is 0 Å². The summed E-state index contributed by atoms with van der Waals surface area (Å²) in [5.41, 5.74) is 3.14. The van der Waals surface area contributed by atoms with Gasteiger partial charge in [-0.1, -0.05) is 29.8 Å². The fraction of sp³-hybridized carbons (Fsp3) is 0.409. The molecule has 1 unspecified atom stereocenters. The number of hydrogen-bond donors (Lipinski definition) is 3. The van der Waals surface area contributed by atoms with E-state index in [9.17, 15) is 5.11 Å². The molecule has 2 aromatic carbocycles. The lowest BCUT2D eigenvalue weighted by atomic mass is 10.1. The molecular formula is C22H32IN3O3. The van der Waals surface area contributed by atoms with Gasteiger partial charge in [0, 0.05) is 13.1 Å². The third kappa shape index (κ3) is 8.10. The molecule has 0 saturated heterocycles. The van der Waals surface area contributed by atoms with Crippen molar-refractivity contribution in [2.75, 3.05) is 33.9 Å². The first-order valence-electron chi connectivity index (χ1n) is 9.55. The summed E-state index contributed by atoms with van der Waals surface area (Å²) in [5, 5.41) is 17.0. The Morgan fingerprint density at radius 2 is 1.90 bits per heavy atom. The molecule has 2 rings (SSSR count). The van der Waals surface area contributed by atoms with Crippen molar-refractivity contribution < 1.29 is 14.6 Å². The second-order valence-electron chi connectivity index (χ2n) is 6.50. The van der Waals surface area contributed by atoms with Crippen molar-refractivity contribution in [3.05, 3.63) is 59.2 Å². The van der Waals surface area contributed by atoms with Crippen molar-refractivity contribution in [2.45, 2.75) is 26.4 Å². The average molecular weight is 513 g/mol. The molecule has 0 fully saturated rings. The van der Waals surface area contributed by atoms with Gasteiger partial charge in [-0.05, 0) is 49.6 Å². The number of hydrogen-bond acceptors (Lipinski definition) is 4. The number of methoxy groups -OCH3 is 2. The van der Waals surface area contributed by atoms with E-state index in [0.29, 0.717) is 12.5 Å². The van der Waals surface area contributed by atoms with Crippen LogP contribution in [0.4, 0.5) is 0 Å². The molecule has 0 heterocycles. The molecule has 3 N–H and O–H groups in total. The van der Waals surface area contributed by atoms with Crippen LogP contribution in [-0.4, -0.2) is 44.9 Å². The number of aliphatic hydroxyl groups is 1. The average Bonchev–Trinajstić information content (AvgIpc) is 2.72. The highest BCUT2D eigenvalue weighted by Crippen LogP contribution is 2.20. The van der Waals surface area contributed by atoms with E-state index < -0.39 is 6.10 Å². The highest BCUT2D eigenvalue weighted by atomic mass is 127. The van der Waals surface area contributed by atoms with E-state index in [4.69, 9.17) is 9.47 Å². The van der Waals surface area contributed by atoms with E-state index in [1.807, 2.05) is 43.3 Å². The quantitative estimate of drug-likeness (QED) is 0.272. The number of aryl methyl sites for hydroxylation is 1. The molecule has 0 aliphatic carbocycles. The molecule has 0 bridgehead atoms. The summed E-state index contributed by atoms with van der Waals surface area (Å²) in [5.74, 6) is 2.29. The third-order valence-electron chi connectivity index (χ3n) is 4.37. The Balaban J connectivity index is 0.00000420. The van der Waals surface area contributed by atoms with E-state index in [0.717, 1.165) is 35.6 Å². The van der Waals surface area contributed by atoms with E-state index in [1.165, 1.54) is 5.56 Å². The summed E-state index contributed by atoms with van der Waals surface area (Å²) < 4.78 is 10.6. The lowest BCUT2D eigenvalue weighted by Gasteiger charge is -2.15. The number of halogens is 1. The molecule has 0 spiro atoms. The Morgan fingerprint density at radius 3 is 2.59 bits per heavy atom. The SMILES string of the molecule is CCNC(=NCC(O)c1cccc(OC)c1)NCCc1cc(C)ccc1OC.I. The zero-order valence-electron chi connectivity index (χ0n) is 17.6. The molecule has 160 valence electrons. The number of guanidine groups is 1. The Morgan fingerprint density at radius 1 is 1.10 bits per heavy atom. The number of aliphatic hydroxyl groups excluding tert-OH is 1. The van der Waals surface area contributed by atoms with Gasteiger partial charge in [-0.2, -0.15) is 0 Å². The molecule has 2 aromatic rings. The molecule has 0 aliphatic rings. The predicted molar refractivity (Wildman–Crippen MR) is 129 cm³/mol. The van der Waals surface area contributed by atoms with E-state index in [1.54, 1.807) is 14.2 Å². The first-order chi connectivity index (χ1) is 13.6. The minimum absolute atomic E-state index is 0. The van der Waals surface area contributed by atoms with Crippen LogP contribution in [0.3, 0.4) is 0 Å². The molecule has 7 heteroatoms. The van der Waals surface area contributed by atoms with Crippen LogP contribution in [0, 0.1) is 6.92 Å². The number of aliphatic imine (C=N–C) groups is 1. The molecule has 1 atom stereocenters. The van der Waals surface area contributed by atoms with Crippen LogP contribution >= 0.6 is 24.0 Å². The van der Waals surface area contributed by atoms with Crippen molar-refractivity contribution in [3.8, 4) is 11.5 Å². The van der Waals surface area contributed by atoms with Gasteiger partial charge in [0.05, 0.1) is 26.9 Å². The summed E-state index contributed by atoms with van der Waals surface area (Å²) in [7, 11) is 3.30. The fourth-order valence-electron chi connectivity index (χ4n) is 2.89. The summed E-state index contributed by atoms with van der Waals surface area (Å²) in [6, 6.07) is 13.6. The zero-order chi connectivity index (χ0) is 20.4. The van der Waals surface area contributed by atoms with Gasteiger partial charge in [-0.3, -0.25) is 4.99 Å². The summed E-state index contributed by atoms with van der Waals surface area (Å²) >= 11 is 0. The highest BCUT2D eigenvalue weighted by Gasteiger charge is 2.09. The van der Waals surface area contributed by atoms with Crippen molar-refractivity contribution in [3.63, 3.8) is 0 Å². The standard InChI is InChI=1S/C22H31N3O3.HI/c1-5-23-22(24-12-11-18-13-16(2)9-10-21(18)28-4)25-15-20(26)17-7-6-8-19(14-17)27-3;/h6-10,13-14,20,26H,5,11-12,15H2,1-4H3,(H2,23,24,25);1H. The molecule has 0 amide bonds. The Labute approximate surface area is 190 Å². The van der Waals surface area contributed by atoms with Crippen LogP contribution in [0.5, 0.6) is 11.5 Å². The van der Waals surface area contributed by atoms with Crippen LogP contribution in [0.2, 0.25) is 0 Å². The normalized spacial score (nSPS) is 12.0. The van der Waals surface area contributed by atoms with Crippen molar-refractivity contribution in [1.29, 1.82) is 0 Å². The van der Waals surface area contributed by atoms with Crippen molar-refractivity contribution >= 4 is 29.9 Å². The van der Waals surface area contributed by atoms with E-state index in [2.05, 4.69) is 28.6 Å². The van der Waals surface area contributed by atoms with Crippen LogP contribution in [0.25, 0.3) is 0 Å². The second-order valence-corrected chi connectivity index (χ2v) is 6.50. The molecular weight excluding hydrogens is 481 g/mol. The maximum absolute atomic E-state index is 10.4. The maximum atomic E-state index is 10.4. The molecule has 0 saturated carbocycles. The zero-order valence-corrected chi connectivity index (χ0v) is 19.9. The van der Waals surface area contributed by atoms with Gasteiger partial charge >= 0.3 is 0 Å². The minimum Gasteiger partial charge on any atom is -0.497 e. The largest absolute Gasteiger partial charge is 0.497 e. The van der Waals surface area contributed by atoms with Gasteiger partial charge < -0.3 is 25.2 Å². The molecule has 0 aliphatic heterocycles. The summed E-state index contributed by atoms with van der Waals surface area (Å²) in [6.07, 6.45) is 0.121. The summed E-state index contributed by atoms with van der Waals surface area (Å²) in [6.45, 7) is 5.80. The Bertz CT molecular complexity index is 784. The van der Waals surface area contributed by atoms with Crippen LogP contribution in [0.1, 0.15) is 29.7 Å². The molecule has 0 aromatic heterocycles. The van der Waals surface area contributed by atoms with E-state index in [-0.39, 0.29) is 30.5 Å².